The molecule has 1 aliphatic heterocycles. The standard InChI is InChI=1S/C19H22N4O3S/c1-12-2-4-13(5-3-12)9-20-17(25)8-15-11-27-19(22-15)23-18(26)14-6-7-16(24)21-10-14/h2-5,11,14H,6-10H2,1H3,(H,20,25)(H,21,24)(H,22,23,26). The number of aryl methyl sites for hydroxylation is 1. The van der Waals surface area contributed by atoms with Gasteiger partial charge < -0.3 is 16.0 Å². The summed E-state index contributed by atoms with van der Waals surface area (Å²) in [6.07, 6.45) is 1.07. The Bertz CT molecular complexity index is 822. The molecule has 1 fully saturated rings. The fourth-order valence-corrected chi connectivity index (χ4v) is 3.46. The van der Waals surface area contributed by atoms with E-state index in [1.54, 1.807) is 5.38 Å². The predicted molar refractivity (Wildman–Crippen MR) is 103 cm³/mol. The van der Waals surface area contributed by atoms with Crippen LogP contribution in [0.4, 0.5) is 5.13 Å². The topological polar surface area (TPSA) is 100 Å². The Labute approximate surface area is 161 Å². The highest BCUT2D eigenvalue weighted by Crippen LogP contribution is 2.19. The number of thiazole rings is 1. The van der Waals surface area contributed by atoms with Gasteiger partial charge in [0.2, 0.25) is 17.7 Å². The van der Waals surface area contributed by atoms with Crippen molar-refractivity contribution in [2.75, 3.05) is 11.9 Å². The highest BCUT2D eigenvalue weighted by Gasteiger charge is 2.25. The number of nitrogens with zero attached hydrogens (tertiary/aromatic N) is 1. The van der Waals surface area contributed by atoms with Crippen molar-refractivity contribution >= 4 is 34.2 Å². The van der Waals surface area contributed by atoms with Crippen LogP contribution >= 0.6 is 11.3 Å². The maximum absolute atomic E-state index is 12.2. The highest BCUT2D eigenvalue weighted by atomic mass is 32.1. The van der Waals surface area contributed by atoms with Crippen molar-refractivity contribution in [2.24, 2.45) is 5.92 Å². The summed E-state index contributed by atoms with van der Waals surface area (Å²) in [4.78, 5) is 39.8. The van der Waals surface area contributed by atoms with Crippen molar-refractivity contribution in [1.82, 2.24) is 15.6 Å². The molecule has 1 aromatic carbocycles. The molecule has 0 bridgehead atoms. The second-order valence-corrected chi connectivity index (χ2v) is 7.47. The Morgan fingerprint density at radius 2 is 2.07 bits per heavy atom. The van der Waals surface area contributed by atoms with Crippen LogP contribution < -0.4 is 16.0 Å². The zero-order valence-corrected chi connectivity index (χ0v) is 15.9. The van der Waals surface area contributed by atoms with Gasteiger partial charge in [-0.15, -0.1) is 11.3 Å². The summed E-state index contributed by atoms with van der Waals surface area (Å²) < 4.78 is 0. The van der Waals surface area contributed by atoms with Gasteiger partial charge in [0.25, 0.3) is 0 Å². The van der Waals surface area contributed by atoms with E-state index in [1.165, 1.54) is 16.9 Å². The lowest BCUT2D eigenvalue weighted by atomic mass is 9.98. The van der Waals surface area contributed by atoms with Crippen LogP contribution in [0.2, 0.25) is 0 Å². The highest BCUT2D eigenvalue weighted by molar-refractivity contribution is 7.13. The van der Waals surface area contributed by atoms with Crippen LogP contribution in [0.15, 0.2) is 29.6 Å². The van der Waals surface area contributed by atoms with Crippen molar-refractivity contribution in [3.63, 3.8) is 0 Å². The molecule has 1 saturated heterocycles. The van der Waals surface area contributed by atoms with Gasteiger partial charge in [-0.05, 0) is 18.9 Å². The SMILES string of the molecule is Cc1ccc(CNC(=O)Cc2csc(NC(=O)C3CCC(=O)NC3)n2)cc1. The fourth-order valence-electron chi connectivity index (χ4n) is 2.74. The van der Waals surface area contributed by atoms with Crippen LogP contribution in [0.5, 0.6) is 0 Å². The van der Waals surface area contributed by atoms with E-state index in [1.807, 2.05) is 31.2 Å². The van der Waals surface area contributed by atoms with E-state index in [0.29, 0.717) is 36.8 Å². The van der Waals surface area contributed by atoms with E-state index in [2.05, 4.69) is 20.9 Å². The van der Waals surface area contributed by atoms with Crippen LogP contribution in [0.1, 0.15) is 29.7 Å². The van der Waals surface area contributed by atoms with Crippen LogP contribution in [0.3, 0.4) is 0 Å². The Hall–Kier alpha value is -2.74. The van der Waals surface area contributed by atoms with Gasteiger partial charge in [0.05, 0.1) is 18.0 Å². The third-order valence-electron chi connectivity index (χ3n) is 4.37. The lowest BCUT2D eigenvalue weighted by molar-refractivity contribution is -0.126. The van der Waals surface area contributed by atoms with E-state index in [-0.39, 0.29) is 30.1 Å². The average molecular weight is 386 g/mol. The molecule has 1 aliphatic rings. The summed E-state index contributed by atoms with van der Waals surface area (Å²) in [6, 6.07) is 7.99. The minimum atomic E-state index is -0.243. The van der Waals surface area contributed by atoms with Gasteiger partial charge in [-0.1, -0.05) is 29.8 Å². The molecule has 3 amide bonds. The van der Waals surface area contributed by atoms with E-state index < -0.39 is 0 Å². The second kappa shape index (κ2) is 8.77. The quantitative estimate of drug-likeness (QED) is 0.704. The Balaban J connectivity index is 1.45. The normalized spacial score (nSPS) is 16.5. The molecule has 0 radical (unpaired) electrons. The molecule has 3 N–H and O–H groups in total. The molecule has 0 aliphatic carbocycles. The molecule has 0 spiro atoms. The van der Waals surface area contributed by atoms with Gasteiger partial charge in [0.1, 0.15) is 0 Å². The summed E-state index contributed by atoms with van der Waals surface area (Å²) >= 11 is 1.29. The average Bonchev–Trinajstić information content (AvgIpc) is 3.08. The predicted octanol–water partition coefficient (Wildman–Crippen LogP) is 1.78. The zero-order chi connectivity index (χ0) is 19.2. The molecular formula is C19H22N4O3S. The first kappa shape index (κ1) is 19.0. The lowest BCUT2D eigenvalue weighted by Crippen LogP contribution is -2.40. The lowest BCUT2D eigenvalue weighted by Gasteiger charge is -2.20. The molecule has 7 nitrogen and oxygen atoms in total. The van der Waals surface area contributed by atoms with Crippen LogP contribution in [-0.4, -0.2) is 29.3 Å². The van der Waals surface area contributed by atoms with E-state index in [0.717, 1.165) is 5.56 Å². The zero-order valence-electron chi connectivity index (χ0n) is 15.1. The van der Waals surface area contributed by atoms with Crippen LogP contribution in [0, 0.1) is 12.8 Å². The maximum atomic E-state index is 12.2. The molecule has 3 rings (SSSR count). The number of amides is 3. The number of nitrogens with one attached hydrogen (secondary N) is 3. The number of anilines is 1. The molecule has 142 valence electrons. The van der Waals surface area contributed by atoms with E-state index >= 15 is 0 Å². The number of aromatic nitrogens is 1. The minimum absolute atomic E-state index is 0.0211. The van der Waals surface area contributed by atoms with Gasteiger partial charge in [-0.25, -0.2) is 4.98 Å². The Kier molecular flexibility index (Phi) is 6.18. The largest absolute Gasteiger partial charge is 0.355 e. The number of carbonyl (C=O) groups is 3. The number of hydrogen-bond acceptors (Lipinski definition) is 5. The Morgan fingerprint density at radius 1 is 1.30 bits per heavy atom. The van der Waals surface area contributed by atoms with E-state index in [9.17, 15) is 14.4 Å². The van der Waals surface area contributed by atoms with Crippen molar-refractivity contribution in [2.45, 2.75) is 32.7 Å². The van der Waals surface area contributed by atoms with E-state index in [4.69, 9.17) is 0 Å². The first-order valence-electron chi connectivity index (χ1n) is 8.84. The summed E-state index contributed by atoms with van der Waals surface area (Å²) in [5, 5.41) is 10.6. The van der Waals surface area contributed by atoms with Crippen molar-refractivity contribution in [3.8, 4) is 0 Å². The van der Waals surface area contributed by atoms with Gasteiger partial charge in [-0.2, -0.15) is 0 Å². The third-order valence-corrected chi connectivity index (χ3v) is 5.18. The van der Waals surface area contributed by atoms with Crippen molar-refractivity contribution in [1.29, 1.82) is 0 Å². The number of benzene rings is 1. The summed E-state index contributed by atoms with van der Waals surface area (Å²) in [7, 11) is 0. The Morgan fingerprint density at radius 3 is 2.78 bits per heavy atom. The molecule has 2 aromatic rings. The third kappa shape index (κ3) is 5.62. The molecule has 27 heavy (non-hydrogen) atoms. The summed E-state index contributed by atoms with van der Waals surface area (Å²) in [5.41, 5.74) is 2.84. The van der Waals surface area contributed by atoms with Gasteiger partial charge in [-0.3, -0.25) is 14.4 Å². The fraction of sp³-hybridized carbons (Fsp3) is 0.368. The number of carbonyl (C=O) groups excluding carboxylic acids is 3. The molecule has 1 atom stereocenters. The first-order chi connectivity index (χ1) is 13.0. The number of rotatable bonds is 6. The molecule has 0 saturated carbocycles. The number of hydrogen-bond donors (Lipinski definition) is 3. The maximum Gasteiger partial charge on any atom is 0.231 e. The molecule has 8 heteroatoms. The molecule has 1 aromatic heterocycles. The van der Waals surface area contributed by atoms with Gasteiger partial charge in [0, 0.05) is 24.9 Å². The number of piperidine rings is 1. The summed E-state index contributed by atoms with van der Waals surface area (Å²) in [6.45, 7) is 2.84. The van der Waals surface area contributed by atoms with Crippen LogP contribution in [0.25, 0.3) is 0 Å². The smallest absolute Gasteiger partial charge is 0.231 e. The monoisotopic (exact) mass is 386 g/mol. The van der Waals surface area contributed by atoms with Crippen molar-refractivity contribution < 1.29 is 14.4 Å². The molecular weight excluding hydrogens is 364 g/mol. The van der Waals surface area contributed by atoms with Crippen molar-refractivity contribution in [3.05, 3.63) is 46.5 Å². The summed E-state index contributed by atoms with van der Waals surface area (Å²) in [5.74, 6) is -0.534. The first-order valence-corrected chi connectivity index (χ1v) is 9.72. The van der Waals surface area contributed by atoms with Crippen LogP contribution in [-0.2, 0) is 27.3 Å². The second-order valence-electron chi connectivity index (χ2n) is 6.61. The minimum Gasteiger partial charge on any atom is -0.355 e. The van der Waals surface area contributed by atoms with Gasteiger partial charge in [0.15, 0.2) is 5.13 Å². The molecule has 2 heterocycles. The molecule has 1 unspecified atom stereocenters. The van der Waals surface area contributed by atoms with Gasteiger partial charge >= 0.3 is 0 Å².